The lowest BCUT2D eigenvalue weighted by atomic mass is 10.00. The average Bonchev–Trinajstić information content (AvgIpc) is 3.12. The lowest BCUT2D eigenvalue weighted by Gasteiger charge is -2.20. The van der Waals surface area contributed by atoms with Gasteiger partial charge in [-0.25, -0.2) is 0 Å². The molecule has 0 saturated heterocycles. The maximum Gasteiger partial charge on any atom is 0.116 e. The number of thioether (sulfide) groups is 1. The predicted octanol–water partition coefficient (Wildman–Crippen LogP) is 2.72. The van der Waals surface area contributed by atoms with Crippen LogP contribution in [0.2, 0.25) is 0 Å². The normalized spacial score (nSPS) is 18.8. The predicted molar refractivity (Wildman–Crippen MR) is 67.2 cm³/mol. The van der Waals surface area contributed by atoms with Gasteiger partial charge in [-0.05, 0) is 37.8 Å². The van der Waals surface area contributed by atoms with Gasteiger partial charge in [0.05, 0.1) is 6.07 Å². The molecule has 1 fully saturated rings. The van der Waals surface area contributed by atoms with Gasteiger partial charge in [0.1, 0.15) is 5.54 Å². The molecule has 1 atom stereocenters. The molecule has 1 saturated carbocycles. The van der Waals surface area contributed by atoms with Gasteiger partial charge in [-0.1, -0.05) is 17.7 Å². The first-order valence-corrected chi connectivity index (χ1v) is 6.52. The van der Waals surface area contributed by atoms with E-state index in [0.717, 1.165) is 12.8 Å². The molecule has 0 aliphatic heterocycles. The largest absolute Gasteiger partial charge is 0.312 e. The van der Waals surface area contributed by atoms with Crippen molar-refractivity contribution in [3.05, 3.63) is 29.8 Å². The van der Waals surface area contributed by atoms with Crippen molar-refractivity contribution in [3.8, 4) is 6.07 Å². The van der Waals surface area contributed by atoms with Crippen LogP contribution in [0.4, 0.5) is 0 Å². The Morgan fingerprint density at radius 3 is 2.56 bits per heavy atom. The maximum atomic E-state index is 9.13. The second kappa shape index (κ2) is 4.48. The molecule has 1 unspecified atom stereocenters. The van der Waals surface area contributed by atoms with Crippen molar-refractivity contribution >= 4 is 11.8 Å². The van der Waals surface area contributed by atoms with Gasteiger partial charge < -0.3 is 5.73 Å². The van der Waals surface area contributed by atoms with E-state index in [1.54, 1.807) is 11.8 Å². The molecular formula is C13H16N2S. The summed E-state index contributed by atoms with van der Waals surface area (Å²) in [5, 5.41) is 9.13. The molecule has 84 valence electrons. The third-order valence-electron chi connectivity index (χ3n) is 3.01. The number of rotatable bonds is 4. The molecule has 2 nitrogen and oxygen atoms in total. The fourth-order valence-corrected chi connectivity index (χ4v) is 2.71. The summed E-state index contributed by atoms with van der Waals surface area (Å²) in [5.41, 5.74) is 6.72. The van der Waals surface area contributed by atoms with E-state index in [0.29, 0.717) is 11.7 Å². The minimum atomic E-state index is -0.629. The number of aryl methyl sites for hydroxylation is 1. The van der Waals surface area contributed by atoms with E-state index in [-0.39, 0.29) is 0 Å². The van der Waals surface area contributed by atoms with Crippen LogP contribution in [-0.2, 0) is 0 Å². The smallest absolute Gasteiger partial charge is 0.116 e. The molecule has 0 spiro atoms. The Morgan fingerprint density at radius 2 is 2.06 bits per heavy atom. The summed E-state index contributed by atoms with van der Waals surface area (Å²) in [6.07, 6.45) is 2.22. The molecule has 2 N–H and O–H groups in total. The molecule has 3 heteroatoms. The van der Waals surface area contributed by atoms with Crippen LogP contribution in [0, 0.1) is 24.2 Å². The molecule has 0 amide bonds. The SMILES string of the molecule is Cc1ccc(SCC(N)(C#N)C2CC2)cc1. The Kier molecular flexibility index (Phi) is 3.22. The minimum absolute atomic E-state index is 0.412. The van der Waals surface area contributed by atoms with Crippen molar-refractivity contribution in [2.24, 2.45) is 11.7 Å². The zero-order valence-electron chi connectivity index (χ0n) is 9.44. The first kappa shape index (κ1) is 11.5. The summed E-state index contributed by atoms with van der Waals surface area (Å²) in [5.74, 6) is 1.10. The lowest BCUT2D eigenvalue weighted by molar-refractivity contribution is 0.532. The Labute approximate surface area is 101 Å². The van der Waals surface area contributed by atoms with Gasteiger partial charge in [0.2, 0.25) is 0 Å². The summed E-state index contributed by atoms with van der Waals surface area (Å²) in [6, 6.07) is 10.6. The van der Waals surface area contributed by atoms with E-state index in [1.807, 2.05) is 0 Å². The molecule has 0 bridgehead atoms. The Bertz CT molecular complexity index is 403. The number of hydrogen-bond acceptors (Lipinski definition) is 3. The molecule has 1 aliphatic carbocycles. The summed E-state index contributed by atoms with van der Waals surface area (Å²) in [7, 11) is 0. The highest BCUT2D eigenvalue weighted by molar-refractivity contribution is 7.99. The first-order chi connectivity index (χ1) is 7.64. The Morgan fingerprint density at radius 1 is 1.44 bits per heavy atom. The molecule has 0 radical (unpaired) electrons. The van der Waals surface area contributed by atoms with Crippen molar-refractivity contribution in [1.29, 1.82) is 5.26 Å². The molecule has 0 heterocycles. The number of benzene rings is 1. The van der Waals surface area contributed by atoms with Crippen LogP contribution in [0.3, 0.4) is 0 Å². The van der Waals surface area contributed by atoms with E-state index in [9.17, 15) is 0 Å². The molecule has 2 rings (SSSR count). The van der Waals surface area contributed by atoms with Crippen molar-refractivity contribution in [1.82, 2.24) is 0 Å². The lowest BCUT2D eigenvalue weighted by Crippen LogP contribution is -2.43. The van der Waals surface area contributed by atoms with Gasteiger partial charge in [-0.3, -0.25) is 0 Å². The second-order valence-electron chi connectivity index (χ2n) is 4.53. The van der Waals surface area contributed by atoms with Crippen molar-refractivity contribution in [2.45, 2.75) is 30.2 Å². The molecular weight excluding hydrogens is 216 g/mol. The zero-order valence-corrected chi connectivity index (χ0v) is 10.3. The number of nitriles is 1. The van der Waals surface area contributed by atoms with Crippen LogP contribution in [0.1, 0.15) is 18.4 Å². The van der Waals surface area contributed by atoms with Gasteiger partial charge in [0.15, 0.2) is 0 Å². The van der Waals surface area contributed by atoms with Crippen LogP contribution in [0.15, 0.2) is 29.2 Å². The summed E-state index contributed by atoms with van der Waals surface area (Å²) in [6.45, 7) is 2.07. The van der Waals surface area contributed by atoms with Gasteiger partial charge in [-0.15, -0.1) is 11.8 Å². The van der Waals surface area contributed by atoms with Crippen LogP contribution < -0.4 is 5.73 Å². The quantitative estimate of drug-likeness (QED) is 0.812. The monoisotopic (exact) mass is 232 g/mol. The molecule has 0 aromatic heterocycles. The Hall–Kier alpha value is -0.980. The van der Waals surface area contributed by atoms with Crippen molar-refractivity contribution in [3.63, 3.8) is 0 Å². The molecule has 1 aromatic carbocycles. The minimum Gasteiger partial charge on any atom is -0.312 e. The fourth-order valence-electron chi connectivity index (χ4n) is 1.68. The van der Waals surface area contributed by atoms with E-state index in [2.05, 4.69) is 37.3 Å². The van der Waals surface area contributed by atoms with Gasteiger partial charge >= 0.3 is 0 Å². The number of nitrogens with two attached hydrogens (primary N) is 1. The van der Waals surface area contributed by atoms with Crippen LogP contribution in [0.5, 0.6) is 0 Å². The van der Waals surface area contributed by atoms with Crippen LogP contribution >= 0.6 is 11.8 Å². The van der Waals surface area contributed by atoms with E-state index >= 15 is 0 Å². The summed E-state index contributed by atoms with van der Waals surface area (Å²) >= 11 is 1.68. The number of nitrogens with zero attached hydrogens (tertiary/aromatic N) is 1. The Balaban J connectivity index is 1.96. The van der Waals surface area contributed by atoms with Gasteiger partial charge in [0, 0.05) is 10.6 Å². The third kappa shape index (κ3) is 2.58. The molecule has 1 aromatic rings. The second-order valence-corrected chi connectivity index (χ2v) is 5.58. The van der Waals surface area contributed by atoms with E-state index < -0.39 is 5.54 Å². The average molecular weight is 232 g/mol. The molecule has 16 heavy (non-hydrogen) atoms. The number of hydrogen-bond donors (Lipinski definition) is 1. The highest BCUT2D eigenvalue weighted by atomic mass is 32.2. The van der Waals surface area contributed by atoms with Crippen LogP contribution in [0.25, 0.3) is 0 Å². The van der Waals surface area contributed by atoms with Gasteiger partial charge in [-0.2, -0.15) is 5.26 Å². The first-order valence-electron chi connectivity index (χ1n) is 5.54. The third-order valence-corrected chi connectivity index (χ3v) is 4.24. The van der Waals surface area contributed by atoms with Crippen LogP contribution in [-0.4, -0.2) is 11.3 Å². The highest BCUT2D eigenvalue weighted by Gasteiger charge is 2.42. The van der Waals surface area contributed by atoms with E-state index in [1.165, 1.54) is 10.5 Å². The zero-order chi connectivity index (χ0) is 11.6. The maximum absolute atomic E-state index is 9.13. The fraction of sp³-hybridized carbons (Fsp3) is 0.462. The summed E-state index contributed by atoms with van der Waals surface area (Å²) < 4.78 is 0. The van der Waals surface area contributed by atoms with Crippen molar-refractivity contribution < 1.29 is 0 Å². The topological polar surface area (TPSA) is 49.8 Å². The molecule has 1 aliphatic rings. The highest BCUT2D eigenvalue weighted by Crippen LogP contribution is 2.40. The van der Waals surface area contributed by atoms with E-state index in [4.69, 9.17) is 11.0 Å². The van der Waals surface area contributed by atoms with Gasteiger partial charge in [0.25, 0.3) is 0 Å². The standard InChI is InChI=1S/C13H16N2S/c1-10-2-6-12(7-3-10)16-9-13(15,8-14)11-4-5-11/h2-3,6-7,11H,4-5,9,15H2,1H3. The summed E-state index contributed by atoms with van der Waals surface area (Å²) in [4.78, 5) is 1.19. The van der Waals surface area contributed by atoms with Crippen molar-refractivity contribution in [2.75, 3.05) is 5.75 Å².